The molecule has 0 radical (unpaired) electrons. The Kier molecular flexibility index (Phi) is 8.15. The molecule has 0 aliphatic rings. The molecule has 0 saturated heterocycles. The Hall–Kier alpha value is -0.457. The van der Waals surface area contributed by atoms with E-state index in [1.165, 1.54) is 5.56 Å². The molecule has 10 heavy (non-hydrogen) atoms. The molecule has 0 aliphatic heterocycles. The Morgan fingerprint density at radius 3 is 1.90 bits per heavy atom. The van der Waals surface area contributed by atoms with Crippen molar-refractivity contribution in [2.24, 2.45) is 0 Å². The third-order valence-electron chi connectivity index (χ3n) is 1.04. The van der Waals surface area contributed by atoms with Crippen molar-refractivity contribution in [1.29, 1.82) is 0 Å². The van der Waals surface area contributed by atoms with Crippen molar-refractivity contribution in [3.63, 3.8) is 0 Å². The summed E-state index contributed by atoms with van der Waals surface area (Å²) in [4.78, 5) is 0. The maximum atomic E-state index is 3.63. The molecule has 0 aromatic heterocycles. The Balaban J connectivity index is 0. The van der Waals surface area contributed by atoms with Crippen molar-refractivity contribution < 1.29 is 25.0 Å². The minimum absolute atomic E-state index is 0. The van der Waals surface area contributed by atoms with Gasteiger partial charge in [0.25, 0.3) is 0 Å². The van der Waals surface area contributed by atoms with Gasteiger partial charge in [-0.1, -0.05) is 43.0 Å². The van der Waals surface area contributed by atoms with Crippen LogP contribution in [0.4, 0.5) is 0 Å². The first-order valence-corrected chi connectivity index (χ1v) is 2.61. The topological polar surface area (TPSA) is 28.5 Å². The van der Waals surface area contributed by atoms with Gasteiger partial charge in [-0.05, 0) is 5.56 Å². The van der Waals surface area contributed by atoms with Gasteiger partial charge in [0.05, 0.1) is 0 Å². The quantitative estimate of drug-likeness (QED) is 0.601. The van der Waals surface area contributed by atoms with Crippen molar-refractivity contribution in [2.45, 2.75) is 0 Å². The molecule has 0 unspecified atom stereocenters. The van der Waals surface area contributed by atoms with Crippen LogP contribution in [0, 0.1) is 0 Å². The maximum Gasteiger partial charge on any atom is 2.00 e. The molecular weight excluding hydrogens is 177 g/mol. The smallest absolute Gasteiger partial charge is 2.00 e. The van der Waals surface area contributed by atoms with Crippen LogP contribution >= 0.6 is 0 Å². The van der Waals surface area contributed by atoms with Crippen LogP contribution in [0.15, 0.2) is 36.9 Å². The molecule has 1 aromatic carbocycles. The predicted octanol–water partition coefficient (Wildman–Crippen LogP) is 2.21. The summed E-state index contributed by atoms with van der Waals surface area (Å²) >= 11 is 0. The van der Waals surface area contributed by atoms with Crippen LogP contribution in [0.2, 0.25) is 0 Å². The standard InChI is InChI=1S/C8H8.O.Zn/c1-2-8-6-4-3-5-7-8;;/h2-7H,1H2;;/q;-2;+2. The van der Waals surface area contributed by atoms with Crippen molar-refractivity contribution in [3.8, 4) is 0 Å². The van der Waals surface area contributed by atoms with E-state index in [1.807, 2.05) is 36.4 Å². The van der Waals surface area contributed by atoms with Crippen LogP contribution in [0.5, 0.6) is 0 Å². The van der Waals surface area contributed by atoms with Gasteiger partial charge >= 0.3 is 19.5 Å². The molecule has 48 valence electrons. The van der Waals surface area contributed by atoms with Crippen LogP contribution in [0.1, 0.15) is 5.56 Å². The first kappa shape index (κ1) is 12.2. The SMILES string of the molecule is C=Cc1ccccc1.[O-2].[Zn+2]. The van der Waals surface area contributed by atoms with E-state index in [0.29, 0.717) is 0 Å². The first-order valence-electron chi connectivity index (χ1n) is 2.61. The van der Waals surface area contributed by atoms with E-state index in [1.54, 1.807) is 0 Å². The number of hydrogen-bond donors (Lipinski definition) is 0. The molecular formula is C8H8OZn. The minimum atomic E-state index is 0. The second-order valence-corrected chi connectivity index (χ2v) is 1.61. The molecule has 0 saturated carbocycles. The van der Waals surface area contributed by atoms with E-state index < -0.39 is 0 Å². The molecule has 1 aromatic rings. The van der Waals surface area contributed by atoms with Gasteiger partial charge in [0.1, 0.15) is 0 Å². The average molecular weight is 186 g/mol. The summed E-state index contributed by atoms with van der Waals surface area (Å²) in [5.74, 6) is 0. The fraction of sp³-hybridized carbons (Fsp3) is 0. The second kappa shape index (κ2) is 6.66. The van der Waals surface area contributed by atoms with Crippen LogP contribution in [0.3, 0.4) is 0 Å². The zero-order chi connectivity index (χ0) is 5.82. The molecule has 1 nitrogen and oxygen atoms in total. The van der Waals surface area contributed by atoms with E-state index in [9.17, 15) is 0 Å². The molecule has 0 fully saturated rings. The molecule has 0 bridgehead atoms. The summed E-state index contributed by atoms with van der Waals surface area (Å²) in [5.41, 5.74) is 1.17. The molecule has 0 spiro atoms. The van der Waals surface area contributed by atoms with Crippen molar-refractivity contribution >= 4 is 6.08 Å². The van der Waals surface area contributed by atoms with E-state index in [4.69, 9.17) is 0 Å². The van der Waals surface area contributed by atoms with Crippen LogP contribution in [-0.4, -0.2) is 0 Å². The van der Waals surface area contributed by atoms with Gasteiger partial charge in [-0.25, -0.2) is 0 Å². The van der Waals surface area contributed by atoms with Crippen molar-refractivity contribution in [1.82, 2.24) is 0 Å². The number of hydrogen-bond acceptors (Lipinski definition) is 0. The van der Waals surface area contributed by atoms with Gasteiger partial charge in [0.2, 0.25) is 0 Å². The van der Waals surface area contributed by atoms with Gasteiger partial charge in [-0.3, -0.25) is 0 Å². The van der Waals surface area contributed by atoms with Crippen LogP contribution in [0.25, 0.3) is 6.08 Å². The number of benzene rings is 1. The monoisotopic (exact) mass is 184 g/mol. The summed E-state index contributed by atoms with van der Waals surface area (Å²) < 4.78 is 0. The van der Waals surface area contributed by atoms with Crippen molar-refractivity contribution in [3.05, 3.63) is 42.5 Å². The zero-order valence-electron chi connectivity index (χ0n) is 5.79. The van der Waals surface area contributed by atoms with Gasteiger partial charge in [-0.15, -0.1) is 0 Å². The molecule has 0 atom stereocenters. The van der Waals surface area contributed by atoms with Gasteiger partial charge in [0, 0.05) is 0 Å². The van der Waals surface area contributed by atoms with E-state index in [2.05, 4.69) is 6.58 Å². The largest absolute Gasteiger partial charge is 2.00 e. The summed E-state index contributed by atoms with van der Waals surface area (Å²) in [7, 11) is 0. The molecule has 0 amide bonds. The Labute approximate surface area is 73.8 Å². The van der Waals surface area contributed by atoms with E-state index in [-0.39, 0.29) is 25.0 Å². The van der Waals surface area contributed by atoms with Gasteiger partial charge in [0.15, 0.2) is 0 Å². The molecule has 0 heterocycles. The predicted molar refractivity (Wildman–Crippen MR) is 37.2 cm³/mol. The third-order valence-corrected chi connectivity index (χ3v) is 1.04. The molecule has 1 rings (SSSR count). The third kappa shape index (κ3) is 3.55. The first-order chi connectivity index (χ1) is 3.93. The Bertz CT molecular complexity index is 172. The Morgan fingerprint density at radius 2 is 1.60 bits per heavy atom. The van der Waals surface area contributed by atoms with Crippen LogP contribution < -0.4 is 0 Å². The minimum Gasteiger partial charge on any atom is -2.00 e. The zero-order valence-corrected chi connectivity index (χ0v) is 8.75. The maximum absolute atomic E-state index is 3.63. The fourth-order valence-corrected chi connectivity index (χ4v) is 0.589. The van der Waals surface area contributed by atoms with Gasteiger partial charge in [-0.2, -0.15) is 0 Å². The summed E-state index contributed by atoms with van der Waals surface area (Å²) in [6.07, 6.45) is 1.83. The van der Waals surface area contributed by atoms with Crippen LogP contribution in [-0.2, 0) is 25.0 Å². The Morgan fingerprint density at radius 1 is 1.10 bits per heavy atom. The summed E-state index contributed by atoms with van der Waals surface area (Å²) in [6, 6.07) is 10.0. The van der Waals surface area contributed by atoms with E-state index >= 15 is 0 Å². The normalized spacial score (nSPS) is 6.80. The number of rotatable bonds is 1. The molecule has 0 aliphatic carbocycles. The average Bonchev–Trinajstić information content (AvgIpc) is 1.90. The second-order valence-electron chi connectivity index (χ2n) is 1.61. The molecule has 0 N–H and O–H groups in total. The molecule has 2 heteroatoms. The summed E-state index contributed by atoms with van der Waals surface area (Å²) in [5, 5.41) is 0. The van der Waals surface area contributed by atoms with Gasteiger partial charge < -0.3 is 5.48 Å². The van der Waals surface area contributed by atoms with E-state index in [0.717, 1.165) is 0 Å². The van der Waals surface area contributed by atoms with Crippen molar-refractivity contribution in [2.75, 3.05) is 0 Å². The fourth-order valence-electron chi connectivity index (χ4n) is 0.589. The summed E-state index contributed by atoms with van der Waals surface area (Å²) in [6.45, 7) is 3.63.